The smallest absolute Gasteiger partial charge is 0.341 e. The van der Waals surface area contributed by atoms with Crippen LogP contribution in [0.1, 0.15) is 5.56 Å². The number of alkyl halides is 3. The minimum Gasteiger partial charge on any atom is -0.341 e. The van der Waals surface area contributed by atoms with Crippen molar-refractivity contribution in [1.82, 2.24) is 0 Å². The molecule has 0 spiro atoms. The van der Waals surface area contributed by atoms with Gasteiger partial charge < -0.3 is 9.92 Å². The molecule has 101 valence electrons. The van der Waals surface area contributed by atoms with E-state index in [0.29, 0.717) is 24.3 Å². The second kappa shape index (κ2) is 6.71. The van der Waals surface area contributed by atoms with Gasteiger partial charge in [-0.2, -0.15) is 21.6 Å². The van der Waals surface area contributed by atoms with Crippen LogP contribution in [0.2, 0.25) is 0 Å². The Balaban J connectivity index is 0.00000324. The van der Waals surface area contributed by atoms with Crippen molar-refractivity contribution in [3.8, 4) is 0 Å². The summed E-state index contributed by atoms with van der Waals surface area (Å²) in [6.07, 6.45) is -4.57. The number of halogens is 3. The largest absolute Gasteiger partial charge is 0.416 e. The summed E-state index contributed by atoms with van der Waals surface area (Å²) in [7, 11) is -4.43. The second-order valence-corrected chi connectivity index (χ2v) is 4.68. The van der Waals surface area contributed by atoms with Gasteiger partial charge in [-0.3, -0.25) is 0 Å². The third-order valence-corrected chi connectivity index (χ3v) is 3.09. The average Bonchev–Trinajstić information content (AvgIpc) is 2.27. The zero-order valence-corrected chi connectivity index (χ0v) is 12.6. The molecule has 0 aliphatic heterocycles. The molecule has 0 bridgehead atoms. The number of rotatable bonds is 3. The second-order valence-electron chi connectivity index (χ2n) is 3.14. The molecule has 0 saturated carbocycles. The van der Waals surface area contributed by atoms with Gasteiger partial charge in [0.05, 0.1) is 12.1 Å². The molecule has 0 heterocycles. The maximum atomic E-state index is 12.2. The molecule has 0 atom stereocenters. The summed E-state index contributed by atoms with van der Waals surface area (Å²) in [5, 5.41) is 0. The minimum atomic E-state index is -4.57. The van der Waals surface area contributed by atoms with Gasteiger partial charge >= 0.3 is 22.3 Å². The third-order valence-electron chi connectivity index (χ3n) is 1.84. The molecular weight excluding hydrogens is 298 g/mol. The van der Waals surface area contributed by atoms with Crippen molar-refractivity contribution in [2.24, 2.45) is 5.73 Å². The van der Waals surface area contributed by atoms with Crippen LogP contribution < -0.4 is 5.73 Å². The molecule has 10 heteroatoms. The molecule has 0 unspecified atom stereocenters. The van der Waals surface area contributed by atoms with Crippen molar-refractivity contribution >= 4 is 45.6 Å². The first-order chi connectivity index (χ1) is 8.16. The molecule has 19 heavy (non-hydrogen) atoms. The van der Waals surface area contributed by atoms with Gasteiger partial charge in [0.25, 0.3) is 0 Å². The SMILES string of the molecule is NCC(=O)OS(=O)(=O)c1ccc(C(F)(F)F)cc1.[Na]. The van der Waals surface area contributed by atoms with Gasteiger partial charge in [-0.1, -0.05) is 0 Å². The number of hydrogen-bond donors (Lipinski definition) is 1. The first-order valence-corrected chi connectivity index (χ1v) is 5.92. The molecule has 5 nitrogen and oxygen atoms in total. The van der Waals surface area contributed by atoms with Crippen LogP contribution in [0.15, 0.2) is 29.2 Å². The molecule has 0 aliphatic carbocycles. The number of carbonyl (C=O) groups is 1. The summed E-state index contributed by atoms with van der Waals surface area (Å²) in [5.74, 6) is -1.20. The third kappa shape index (κ3) is 5.11. The van der Waals surface area contributed by atoms with Crippen LogP contribution in [0.25, 0.3) is 0 Å². The van der Waals surface area contributed by atoms with Crippen LogP contribution in [0.4, 0.5) is 13.2 Å². The van der Waals surface area contributed by atoms with Crippen LogP contribution in [-0.2, 0) is 25.3 Å². The Morgan fingerprint density at radius 1 is 1.21 bits per heavy atom. The van der Waals surface area contributed by atoms with E-state index in [1.165, 1.54) is 0 Å². The Kier molecular flexibility index (Phi) is 6.49. The van der Waals surface area contributed by atoms with E-state index in [2.05, 4.69) is 4.18 Å². The molecule has 2 N–H and O–H groups in total. The van der Waals surface area contributed by atoms with Crippen molar-refractivity contribution in [2.75, 3.05) is 6.54 Å². The van der Waals surface area contributed by atoms with E-state index in [1.54, 1.807) is 0 Å². The zero-order valence-electron chi connectivity index (χ0n) is 9.77. The maximum Gasteiger partial charge on any atom is 0.416 e. The molecular formula is C9H8F3NNaO4S. The van der Waals surface area contributed by atoms with Crippen LogP contribution in [-0.4, -0.2) is 50.5 Å². The van der Waals surface area contributed by atoms with Gasteiger partial charge in [0, 0.05) is 29.6 Å². The average molecular weight is 306 g/mol. The Labute approximate surface area is 129 Å². The molecule has 1 radical (unpaired) electrons. The summed E-state index contributed by atoms with van der Waals surface area (Å²) in [6.45, 7) is -0.653. The predicted molar refractivity (Wildman–Crippen MR) is 59.5 cm³/mol. The first kappa shape index (κ1) is 18.4. The molecule has 1 aromatic carbocycles. The van der Waals surface area contributed by atoms with Gasteiger partial charge in [-0.15, -0.1) is 0 Å². The van der Waals surface area contributed by atoms with Crippen molar-refractivity contribution < 1.29 is 30.6 Å². The summed E-state index contributed by atoms with van der Waals surface area (Å²) in [4.78, 5) is 10.2. The number of benzene rings is 1. The van der Waals surface area contributed by atoms with Gasteiger partial charge in [-0.05, 0) is 24.3 Å². The standard InChI is InChI=1S/C9H8F3NO4S.Na/c10-9(11,12)6-1-3-7(4-2-6)18(15,16)17-8(14)5-13;/h1-4H,5,13H2;. The number of carbonyl (C=O) groups excluding carboxylic acids is 1. The zero-order chi connectivity index (χ0) is 14.0. The topological polar surface area (TPSA) is 86.5 Å². The molecule has 0 aromatic heterocycles. The van der Waals surface area contributed by atoms with E-state index in [9.17, 15) is 26.4 Å². The quantitative estimate of drug-likeness (QED) is 0.650. The molecule has 0 amide bonds. The van der Waals surface area contributed by atoms with E-state index in [4.69, 9.17) is 5.73 Å². The summed E-state index contributed by atoms with van der Waals surface area (Å²) in [5.41, 5.74) is 3.84. The maximum absolute atomic E-state index is 12.2. The molecule has 1 rings (SSSR count). The summed E-state index contributed by atoms with van der Waals surface area (Å²) in [6, 6.07) is 2.54. The van der Waals surface area contributed by atoms with Crippen LogP contribution in [0.3, 0.4) is 0 Å². The Morgan fingerprint density at radius 2 is 1.68 bits per heavy atom. The van der Waals surface area contributed by atoms with E-state index in [-0.39, 0.29) is 29.6 Å². The Hall–Kier alpha value is -0.610. The molecule has 0 aliphatic rings. The fraction of sp³-hybridized carbons (Fsp3) is 0.222. The number of nitrogens with two attached hydrogens (primary N) is 1. The molecule has 0 fully saturated rings. The van der Waals surface area contributed by atoms with Gasteiger partial charge in [0.15, 0.2) is 0 Å². The van der Waals surface area contributed by atoms with Crippen LogP contribution in [0, 0.1) is 0 Å². The van der Waals surface area contributed by atoms with Gasteiger partial charge in [-0.25, -0.2) is 4.79 Å². The molecule has 1 aromatic rings. The Bertz CT molecular complexity index is 542. The van der Waals surface area contributed by atoms with E-state index in [1.807, 2.05) is 0 Å². The fourth-order valence-electron chi connectivity index (χ4n) is 1.02. The monoisotopic (exact) mass is 306 g/mol. The fourth-order valence-corrected chi connectivity index (χ4v) is 1.89. The normalized spacial score (nSPS) is 11.6. The summed E-state index contributed by atoms with van der Waals surface area (Å²) >= 11 is 0. The van der Waals surface area contributed by atoms with Crippen LogP contribution >= 0.6 is 0 Å². The van der Waals surface area contributed by atoms with Gasteiger partial charge in [0.1, 0.15) is 4.90 Å². The van der Waals surface area contributed by atoms with E-state index in [0.717, 1.165) is 0 Å². The van der Waals surface area contributed by atoms with Crippen molar-refractivity contribution in [3.05, 3.63) is 29.8 Å². The van der Waals surface area contributed by atoms with E-state index < -0.39 is 39.3 Å². The van der Waals surface area contributed by atoms with Crippen molar-refractivity contribution in [2.45, 2.75) is 11.1 Å². The van der Waals surface area contributed by atoms with E-state index >= 15 is 0 Å². The van der Waals surface area contributed by atoms with Gasteiger partial charge in [0.2, 0.25) is 0 Å². The van der Waals surface area contributed by atoms with Crippen molar-refractivity contribution in [1.29, 1.82) is 0 Å². The Morgan fingerprint density at radius 3 is 2.05 bits per heavy atom. The predicted octanol–water partition coefficient (Wildman–Crippen LogP) is 0.515. The molecule has 0 saturated heterocycles. The minimum absolute atomic E-state index is 0. The first-order valence-electron chi connectivity index (χ1n) is 4.51. The summed E-state index contributed by atoms with van der Waals surface area (Å²) < 4.78 is 63.5. The number of hydrogen-bond acceptors (Lipinski definition) is 5. The van der Waals surface area contributed by atoms with Crippen molar-refractivity contribution in [3.63, 3.8) is 0 Å². The van der Waals surface area contributed by atoms with Crippen LogP contribution in [0.5, 0.6) is 0 Å².